The fourth-order valence-corrected chi connectivity index (χ4v) is 1.58. The summed E-state index contributed by atoms with van der Waals surface area (Å²) in [5, 5.41) is 3.31. The Bertz CT molecular complexity index is 255. The van der Waals surface area contributed by atoms with E-state index in [9.17, 15) is 0 Å². The SMILES string of the molecule is Brc1coc(C2COCCN2)c1. The number of nitrogens with one attached hydrogen (secondary N) is 1. The van der Waals surface area contributed by atoms with Gasteiger partial charge < -0.3 is 14.5 Å². The minimum absolute atomic E-state index is 0.213. The molecule has 2 heterocycles. The van der Waals surface area contributed by atoms with E-state index in [1.807, 2.05) is 6.07 Å². The monoisotopic (exact) mass is 231 g/mol. The summed E-state index contributed by atoms with van der Waals surface area (Å²) in [6.07, 6.45) is 1.69. The summed E-state index contributed by atoms with van der Waals surface area (Å²) in [7, 11) is 0. The van der Waals surface area contributed by atoms with Crippen LogP contribution in [0.3, 0.4) is 0 Å². The van der Waals surface area contributed by atoms with E-state index in [1.165, 1.54) is 0 Å². The smallest absolute Gasteiger partial charge is 0.124 e. The molecule has 0 radical (unpaired) electrons. The van der Waals surface area contributed by atoms with Gasteiger partial charge in [-0.05, 0) is 22.0 Å². The zero-order valence-electron chi connectivity index (χ0n) is 6.55. The Hall–Kier alpha value is -0.320. The summed E-state index contributed by atoms with van der Waals surface area (Å²) in [6.45, 7) is 2.38. The molecular weight excluding hydrogens is 222 g/mol. The minimum Gasteiger partial charge on any atom is -0.466 e. The number of hydrogen-bond donors (Lipinski definition) is 1. The van der Waals surface area contributed by atoms with Crippen molar-refractivity contribution < 1.29 is 9.15 Å². The molecule has 2 rings (SSSR count). The van der Waals surface area contributed by atoms with Gasteiger partial charge in [0.05, 0.1) is 23.7 Å². The van der Waals surface area contributed by atoms with E-state index in [4.69, 9.17) is 9.15 Å². The lowest BCUT2D eigenvalue weighted by atomic mass is 10.2. The topological polar surface area (TPSA) is 34.4 Å². The number of furan rings is 1. The van der Waals surface area contributed by atoms with Crippen LogP contribution in [0, 0.1) is 0 Å². The van der Waals surface area contributed by atoms with E-state index >= 15 is 0 Å². The predicted octanol–water partition coefficient (Wildman–Crippen LogP) is 1.70. The fourth-order valence-electron chi connectivity index (χ4n) is 1.26. The van der Waals surface area contributed by atoms with Crippen molar-refractivity contribution in [3.05, 3.63) is 22.6 Å². The van der Waals surface area contributed by atoms with Crippen LogP contribution in [-0.4, -0.2) is 19.8 Å². The summed E-state index contributed by atoms with van der Waals surface area (Å²) < 4.78 is 11.6. The largest absolute Gasteiger partial charge is 0.466 e. The summed E-state index contributed by atoms with van der Waals surface area (Å²) in [6, 6.07) is 2.18. The highest BCUT2D eigenvalue weighted by Crippen LogP contribution is 2.21. The Morgan fingerprint density at radius 2 is 2.50 bits per heavy atom. The second-order valence-corrected chi connectivity index (χ2v) is 3.66. The van der Waals surface area contributed by atoms with Crippen molar-refractivity contribution in [2.45, 2.75) is 6.04 Å². The molecular formula is C8H10BrNO2. The molecule has 1 atom stereocenters. The maximum Gasteiger partial charge on any atom is 0.124 e. The maximum absolute atomic E-state index is 5.31. The van der Waals surface area contributed by atoms with Gasteiger partial charge in [-0.1, -0.05) is 0 Å². The molecule has 1 unspecified atom stereocenters. The van der Waals surface area contributed by atoms with Gasteiger partial charge in [-0.3, -0.25) is 0 Å². The Labute approximate surface area is 79.2 Å². The van der Waals surface area contributed by atoms with Gasteiger partial charge in [-0.25, -0.2) is 0 Å². The molecule has 1 aromatic heterocycles. The maximum atomic E-state index is 5.31. The highest BCUT2D eigenvalue weighted by molar-refractivity contribution is 9.10. The van der Waals surface area contributed by atoms with E-state index in [1.54, 1.807) is 6.26 Å². The molecule has 4 heteroatoms. The third kappa shape index (κ3) is 1.71. The summed E-state index contributed by atoms with van der Waals surface area (Å²) in [5.41, 5.74) is 0. The number of hydrogen-bond acceptors (Lipinski definition) is 3. The summed E-state index contributed by atoms with van der Waals surface area (Å²) in [4.78, 5) is 0. The molecule has 66 valence electrons. The van der Waals surface area contributed by atoms with E-state index in [-0.39, 0.29) is 6.04 Å². The van der Waals surface area contributed by atoms with E-state index in [0.717, 1.165) is 23.4 Å². The normalized spacial score (nSPS) is 24.2. The Kier molecular flexibility index (Phi) is 2.48. The molecule has 1 aromatic rings. The van der Waals surface area contributed by atoms with Crippen LogP contribution in [0.15, 0.2) is 21.2 Å². The number of rotatable bonds is 1. The van der Waals surface area contributed by atoms with Crippen molar-refractivity contribution in [2.24, 2.45) is 0 Å². The van der Waals surface area contributed by atoms with Crippen LogP contribution in [0.4, 0.5) is 0 Å². The van der Waals surface area contributed by atoms with E-state index in [2.05, 4.69) is 21.2 Å². The average Bonchev–Trinajstić information content (AvgIpc) is 2.54. The first-order chi connectivity index (χ1) is 5.86. The highest BCUT2D eigenvalue weighted by atomic mass is 79.9. The van der Waals surface area contributed by atoms with Gasteiger partial charge in [0.25, 0.3) is 0 Å². The molecule has 12 heavy (non-hydrogen) atoms. The molecule has 1 fully saturated rings. The molecule has 1 saturated heterocycles. The van der Waals surface area contributed by atoms with Crippen molar-refractivity contribution in [1.29, 1.82) is 0 Å². The Morgan fingerprint density at radius 1 is 1.58 bits per heavy atom. The molecule has 1 aliphatic heterocycles. The van der Waals surface area contributed by atoms with Gasteiger partial charge in [0.15, 0.2) is 0 Å². The molecule has 3 nitrogen and oxygen atoms in total. The van der Waals surface area contributed by atoms with E-state index < -0.39 is 0 Å². The predicted molar refractivity (Wildman–Crippen MR) is 48.0 cm³/mol. The molecule has 1 N–H and O–H groups in total. The lowest BCUT2D eigenvalue weighted by Crippen LogP contribution is -2.34. The van der Waals surface area contributed by atoms with Gasteiger partial charge in [0.1, 0.15) is 12.0 Å². The molecule has 0 amide bonds. The third-order valence-electron chi connectivity index (χ3n) is 1.85. The molecule has 0 aliphatic carbocycles. The van der Waals surface area contributed by atoms with Crippen LogP contribution in [0.25, 0.3) is 0 Å². The standard InChI is InChI=1S/C8H10BrNO2/c9-6-3-8(12-4-6)7-5-11-2-1-10-7/h3-4,7,10H,1-2,5H2. The van der Waals surface area contributed by atoms with Crippen LogP contribution in [-0.2, 0) is 4.74 Å². The van der Waals surface area contributed by atoms with Gasteiger partial charge in [0, 0.05) is 6.54 Å². The van der Waals surface area contributed by atoms with E-state index in [0.29, 0.717) is 6.61 Å². The van der Waals surface area contributed by atoms with Crippen molar-refractivity contribution in [2.75, 3.05) is 19.8 Å². The minimum atomic E-state index is 0.213. The van der Waals surface area contributed by atoms with Crippen LogP contribution in [0.2, 0.25) is 0 Å². The second kappa shape index (κ2) is 3.60. The van der Waals surface area contributed by atoms with Crippen molar-refractivity contribution in [1.82, 2.24) is 5.32 Å². The Morgan fingerprint density at radius 3 is 3.08 bits per heavy atom. The Balaban J connectivity index is 2.08. The lowest BCUT2D eigenvalue weighted by molar-refractivity contribution is 0.0699. The van der Waals surface area contributed by atoms with Gasteiger partial charge in [-0.15, -0.1) is 0 Å². The summed E-state index contributed by atoms with van der Waals surface area (Å²) in [5.74, 6) is 0.932. The highest BCUT2D eigenvalue weighted by Gasteiger charge is 2.17. The molecule has 0 aromatic carbocycles. The number of ether oxygens (including phenoxy) is 1. The van der Waals surface area contributed by atoms with Gasteiger partial charge in [-0.2, -0.15) is 0 Å². The molecule has 0 spiro atoms. The van der Waals surface area contributed by atoms with Crippen molar-refractivity contribution in [3.8, 4) is 0 Å². The summed E-state index contributed by atoms with van der Waals surface area (Å²) >= 11 is 3.34. The van der Waals surface area contributed by atoms with Gasteiger partial charge in [0.2, 0.25) is 0 Å². The van der Waals surface area contributed by atoms with Crippen LogP contribution >= 0.6 is 15.9 Å². The zero-order valence-corrected chi connectivity index (χ0v) is 8.13. The third-order valence-corrected chi connectivity index (χ3v) is 2.27. The zero-order chi connectivity index (χ0) is 8.39. The second-order valence-electron chi connectivity index (χ2n) is 2.75. The molecule has 0 saturated carbocycles. The molecule has 0 bridgehead atoms. The quantitative estimate of drug-likeness (QED) is 0.800. The van der Waals surface area contributed by atoms with Crippen molar-refractivity contribution in [3.63, 3.8) is 0 Å². The number of morpholine rings is 1. The van der Waals surface area contributed by atoms with Crippen LogP contribution in [0.1, 0.15) is 11.8 Å². The first-order valence-corrected chi connectivity index (χ1v) is 4.70. The van der Waals surface area contributed by atoms with Crippen LogP contribution < -0.4 is 5.32 Å². The van der Waals surface area contributed by atoms with Crippen molar-refractivity contribution >= 4 is 15.9 Å². The molecule has 1 aliphatic rings. The number of halogens is 1. The van der Waals surface area contributed by atoms with Crippen LogP contribution in [0.5, 0.6) is 0 Å². The fraction of sp³-hybridized carbons (Fsp3) is 0.500. The first-order valence-electron chi connectivity index (χ1n) is 3.91. The lowest BCUT2D eigenvalue weighted by Gasteiger charge is -2.21. The average molecular weight is 232 g/mol. The first kappa shape index (κ1) is 8.29. The van der Waals surface area contributed by atoms with Gasteiger partial charge >= 0.3 is 0 Å².